The van der Waals surface area contributed by atoms with Gasteiger partial charge in [-0.2, -0.15) is 0 Å². The van der Waals surface area contributed by atoms with E-state index in [9.17, 15) is 0 Å². The van der Waals surface area contributed by atoms with E-state index in [0.29, 0.717) is 5.95 Å². The number of unbranched alkanes of at least 4 members (excludes halogenated alkanes) is 2. The van der Waals surface area contributed by atoms with E-state index < -0.39 is 0 Å². The monoisotopic (exact) mass is 194 g/mol. The van der Waals surface area contributed by atoms with Crippen molar-refractivity contribution in [3.8, 4) is 0 Å². The summed E-state index contributed by atoms with van der Waals surface area (Å²) in [6.07, 6.45) is 7.29. The number of nitrogen functional groups attached to an aromatic ring is 1. The first-order chi connectivity index (χ1) is 6.83. The molecular weight excluding hydrogens is 176 g/mol. The lowest BCUT2D eigenvalue weighted by Gasteiger charge is -2.03. The Morgan fingerprint density at radius 3 is 2.64 bits per heavy atom. The summed E-state index contributed by atoms with van der Waals surface area (Å²) >= 11 is 0. The zero-order valence-electron chi connectivity index (χ0n) is 8.66. The van der Waals surface area contributed by atoms with Crippen molar-refractivity contribution in [2.75, 3.05) is 12.3 Å². The molecule has 0 aliphatic rings. The smallest absolute Gasteiger partial charge is 0.219 e. The number of anilines is 1. The number of hydrogen-bond donors (Lipinski definition) is 2. The molecule has 0 spiro atoms. The second kappa shape index (κ2) is 6.32. The lowest BCUT2D eigenvalue weighted by atomic mass is 10.2. The van der Waals surface area contributed by atoms with E-state index in [1.807, 2.05) is 0 Å². The number of nitrogens with one attached hydrogen (secondary N) is 1. The van der Waals surface area contributed by atoms with Crippen molar-refractivity contribution >= 4 is 5.95 Å². The summed E-state index contributed by atoms with van der Waals surface area (Å²) in [5, 5.41) is 3.34. The van der Waals surface area contributed by atoms with Crippen LogP contribution in [0.5, 0.6) is 0 Å². The Kier molecular flexibility index (Phi) is 4.93. The molecule has 1 heterocycles. The van der Waals surface area contributed by atoms with Gasteiger partial charge in [0.05, 0.1) is 0 Å². The molecule has 3 N–H and O–H groups in total. The van der Waals surface area contributed by atoms with Crippen LogP contribution in [-0.2, 0) is 6.54 Å². The van der Waals surface area contributed by atoms with Gasteiger partial charge in [0.25, 0.3) is 0 Å². The van der Waals surface area contributed by atoms with Gasteiger partial charge in [-0.1, -0.05) is 19.8 Å². The Labute approximate surface area is 85.0 Å². The van der Waals surface area contributed by atoms with E-state index in [1.54, 1.807) is 12.4 Å². The van der Waals surface area contributed by atoms with Gasteiger partial charge in [0.15, 0.2) is 0 Å². The van der Waals surface area contributed by atoms with Gasteiger partial charge in [-0.25, -0.2) is 9.97 Å². The molecule has 0 saturated carbocycles. The van der Waals surface area contributed by atoms with E-state index in [1.165, 1.54) is 19.3 Å². The fourth-order valence-electron chi connectivity index (χ4n) is 1.19. The Balaban J connectivity index is 2.15. The highest BCUT2D eigenvalue weighted by Crippen LogP contribution is 1.97. The van der Waals surface area contributed by atoms with Crippen LogP contribution >= 0.6 is 0 Å². The first kappa shape index (κ1) is 10.9. The fraction of sp³-hybridized carbons (Fsp3) is 0.600. The molecule has 0 aliphatic carbocycles. The number of aromatic nitrogens is 2. The molecule has 0 aliphatic heterocycles. The van der Waals surface area contributed by atoms with Gasteiger partial charge in [-0.05, 0) is 13.0 Å². The molecule has 0 bridgehead atoms. The van der Waals surface area contributed by atoms with Crippen molar-refractivity contribution in [2.45, 2.75) is 32.7 Å². The van der Waals surface area contributed by atoms with Crippen LogP contribution in [0.25, 0.3) is 0 Å². The summed E-state index contributed by atoms with van der Waals surface area (Å²) in [6, 6.07) is 0. The van der Waals surface area contributed by atoms with Crippen molar-refractivity contribution in [1.82, 2.24) is 15.3 Å². The van der Waals surface area contributed by atoms with Crippen LogP contribution in [0.2, 0.25) is 0 Å². The minimum absolute atomic E-state index is 0.333. The highest BCUT2D eigenvalue weighted by Gasteiger charge is 1.93. The minimum atomic E-state index is 0.333. The van der Waals surface area contributed by atoms with Crippen LogP contribution in [0, 0.1) is 0 Å². The van der Waals surface area contributed by atoms with Crippen LogP contribution in [0.1, 0.15) is 31.7 Å². The van der Waals surface area contributed by atoms with E-state index in [4.69, 9.17) is 5.73 Å². The van der Waals surface area contributed by atoms with Crippen molar-refractivity contribution in [2.24, 2.45) is 0 Å². The number of rotatable bonds is 6. The van der Waals surface area contributed by atoms with Gasteiger partial charge in [0, 0.05) is 24.5 Å². The highest BCUT2D eigenvalue weighted by atomic mass is 15.0. The first-order valence-electron chi connectivity index (χ1n) is 5.10. The molecule has 1 aromatic heterocycles. The quantitative estimate of drug-likeness (QED) is 0.671. The van der Waals surface area contributed by atoms with Gasteiger partial charge < -0.3 is 11.1 Å². The average Bonchev–Trinajstić information content (AvgIpc) is 2.21. The zero-order chi connectivity index (χ0) is 10.2. The van der Waals surface area contributed by atoms with E-state index in [-0.39, 0.29) is 0 Å². The summed E-state index contributed by atoms with van der Waals surface area (Å²) in [7, 11) is 0. The normalized spacial score (nSPS) is 10.4. The third-order valence-corrected chi connectivity index (χ3v) is 2.01. The molecule has 0 unspecified atom stereocenters. The van der Waals surface area contributed by atoms with Crippen molar-refractivity contribution in [3.63, 3.8) is 0 Å². The Morgan fingerprint density at radius 1 is 1.29 bits per heavy atom. The molecule has 4 nitrogen and oxygen atoms in total. The van der Waals surface area contributed by atoms with Gasteiger partial charge in [0.2, 0.25) is 5.95 Å². The molecule has 14 heavy (non-hydrogen) atoms. The van der Waals surface area contributed by atoms with Crippen LogP contribution in [-0.4, -0.2) is 16.5 Å². The second-order valence-electron chi connectivity index (χ2n) is 3.33. The minimum Gasteiger partial charge on any atom is -0.368 e. The number of nitrogens with two attached hydrogens (primary N) is 1. The molecule has 0 aromatic carbocycles. The molecule has 0 radical (unpaired) electrons. The molecule has 0 saturated heterocycles. The molecule has 78 valence electrons. The number of nitrogens with zero attached hydrogens (tertiary/aromatic N) is 2. The Morgan fingerprint density at radius 2 is 2.00 bits per heavy atom. The molecule has 0 amide bonds. The molecule has 1 aromatic rings. The van der Waals surface area contributed by atoms with Crippen LogP contribution in [0.15, 0.2) is 12.4 Å². The third-order valence-electron chi connectivity index (χ3n) is 2.01. The maximum Gasteiger partial charge on any atom is 0.219 e. The lowest BCUT2D eigenvalue weighted by Crippen LogP contribution is -2.15. The predicted molar refractivity (Wildman–Crippen MR) is 57.7 cm³/mol. The maximum absolute atomic E-state index is 5.38. The summed E-state index contributed by atoms with van der Waals surface area (Å²) in [5.41, 5.74) is 6.46. The fourth-order valence-corrected chi connectivity index (χ4v) is 1.19. The summed E-state index contributed by atoms with van der Waals surface area (Å²) < 4.78 is 0. The standard InChI is InChI=1S/C10H18N4/c1-2-3-4-5-12-6-9-7-13-10(11)14-8-9/h7-8,12H,2-6H2,1H3,(H2,11,13,14). The second-order valence-corrected chi connectivity index (χ2v) is 3.33. The van der Waals surface area contributed by atoms with E-state index in [2.05, 4.69) is 22.2 Å². The van der Waals surface area contributed by atoms with Crippen molar-refractivity contribution in [3.05, 3.63) is 18.0 Å². The highest BCUT2D eigenvalue weighted by molar-refractivity contribution is 5.16. The summed E-state index contributed by atoms with van der Waals surface area (Å²) in [5.74, 6) is 0.333. The SMILES string of the molecule is CCCCCNCc1cnc(N)nc1. The molecule has 0 atom stereocenters. The number of hydrogen-bond acceptors (Lipinski definition) is 4. The van der Waals surface area contributed by atoms with Crippen molar-refractivity contribution < 1.29 is 0 Å². The zero-order valence-corrected chi connectivity index (χ0v) is 8.66. The van der Waals surface area contributed by atoms with Crippen LogP contribution < -0.4 is 11.1 Å². The van der Waals surface area contributed by atoms with Crippen LogP contribution in [0.3, 0.4) is 0 Å². The topological polar surface area (TPSA) is 63.8 Å². The first-order valence-corrected chi connectivity index (χ1v) is 5.10. The average molecular weight is 194 g/mol. The van der Waals surface area contributed by atoms with Gasteiger partial charge in [-0.3, -0.25) is 0 Å². The largest absolute Gasteiger partial charge is 0.368 e. The molecule has 0 fully saturated rings. The molecule has 1 rings (SSSR count). The predicted octanol–water partition coefficient (Wildman–Crippen LogP) is 1.34. The van der Waals surface area contributed by atoms with Gasteiger partial charge in [0.1, 0.15) is 0 Å². The molecule has 4 heteroatoms. The summed E-state index contributed by atoms with van der Waals surface area (Å²) in [6.45, 7) is 4.08. The lowest BCUT2D eigenvalue weighted by molar-refractivity contribution is 0.615. The van der Waals surface area contributed by atoms with Crippen molar-refractivity contribution in [1.29, 1.82) is 0 Å². The van der Waals surface area contributed by atoms with E-state index in [0.717, 1.165) is 18.7 Å². The van der Waals surface area contributed by atoms with Crippen LogP contribution in [0.4, 0.5) is 5.95 Å². The third kappa shape index (κ3) is 4.18. The van der Waals surface area contributed by atoms with Gasteiger partial charge in [-0.15, -0.1) is 0 Å². The van der Waals surface area contributed by atoms with E-state index >= 15 is 0 Å². The summed E-state index contributed by atoms with van der Waals surface area (Å²) in [4.78, 5) is 7.84. The Bertz CT molecular complexity index is 245. The molecular formula is C10H18N4. The Hall–Kier alpha value is -1.16. The maximum atomic E-state index is 5.38. The van der Waals surface area contributed by atoms with Gasteiger partial charge >= 0.3 is 0 Å².